The molecule has 2 aromatic carbocycles. The second kappa shape index (κ2) is 12.8. The smallest absolute Gasteiger partial charge is 0.325 e. The van der Waals surface area contributed by atoms with E-state index in [0.717, 1.165) is 32.7 Å². The van der Waals surface area contributed by atoms with Crippen LogP contribution in [0.4, 0.5) is 9.18 Å². The van der Waals surface area contributed by atoms with Crippen molar-refractivity contribution in [3.05, 3.63) is 82.3 Å². The number of allylic oxidation sites excluding steroid dienone is 2. The van der Waals surface area contributed by atoms with Crippen molar-refractivity contribution < 1.29 is 37.8 Å². The summed E-state index contributed by atoms with van der Waals surface area (Å²) >= 11 is -1.09. The highest BCUT2D eigenvalue weighted by atomic mass is 32.2. The first kappa shape index (κ1) is 30.0. The van der Waals surface area contributed by atoms with Crippen molar-refractivity contribution >= 4 is 40.4 Å². The van der Waals surface area contributed by atoms with Crippen LogP contribution in [-0.4, -0.2) is 71.2 Å². The summed E-state index contributed by atoms with van der Waals surface area (Å²) < 4.78 is 42.8. The van der Waals surface area contributed by atoms with Crippen molar-refractivity contribution in [3.8, 4) is 0 Å². The predicted octanol–water partition coefficient (Wildman–Crippen LogP) is 4.20. The number of ether oxygens (including phenoxy) is 3. The molecule has 2 N–H and O–H groups in total. The topological polar surface area (TPSA) is 120 Å². The van der Waals surface area contributed by atoms with Crippen LogP contribution in [0.25, 0.3) is 17.2 Å². The highest BCUT2D eigenvalue weighted by Crippen LogP contribution is 2.44. The lowest BCUT2D eigenvalue weighted by Gasteiger charge is -2.28. The molecule has 5 rings (SSSR count). The van der Waals surface area contributed by atoms with Crippen LogP contribution in [-0.2, 0) is 30.2 Å². The third-order valence-electron chi connectivity index (χ3n) is 7.47. The molecule has 3 aliphatic rings. The predicted molar refractivity (Wildman–Crippen MR) is 155 cm³/mol. The fourth-order valence-corrected chi connectivity index (χ4v) is 5.79. The molecule has 1 fully saturated rings. The molecular formula is C31H33FN2O7S. The number of nitrogens with zero attached hydrogens (tertiary/aromatic N) is 1. The highest BCUT2D eigenvalue weighted by molar-refractivity contribution is 7.90. The maximum absolute atomic E-state index is 14.3. The minimum atomic E-state index is -1.09. The zero-order valence-corrected chi connectivity index (χ0v) is 24.4. The van der Waals surface area contributed by atoms with E-state index >= 15 is 0 Å². The van der Waals surface area contributed by atoms with Crippen LogP contribution in [0.3, 0.4) is 0 Å². The summed E-state index contributed by atoms with van der Waals surface area (Å²) in [5.74, 6) is -0.965. The van der Waals surface area contributed by atoms with E-state index in [2.05, 4.69) is 5.32 Å². The number of benzene rings is 2. The Bertz CT molecular complexity index is 1450. The largest absolute Gasteiger partial charge is 0.612 e. The number of hydrogen-bond acceptors (Lipinski definition) is 7. The Kier molecular flexibility index (Phi) is 9.14. The lowest BCUT2D eigenvalue weighted by atomic mass is 10.0. The van der Waals surface area contributed by atoms with Gasteiger partial charge in [0.1, 0.15) is 37.7 Å². The van der Waals surface area contributed by atoms with Crippen molar-refractivity contribution in [1.29, 1.82) is 0 Å². The summed E-state index contributed by atoms with van der Waals surface area (Å²) in [5.41, 5.74) is 5.45. The van der Waals surface area contributed by atoms with Gasteiger partial charge in [-0.2, -0.15) is 0 Å². The van der Waals surface area contributed by atoms with Crippen LogP contribution in [0.15, 0.2) is 64.7 Å². The molecule has 4 atom stereocenters. The molecule has 2 heterocycles. The number of esters is 1. The van der Waals surface area contributed by atoms with Gasteiger partial charge in [0.25, 0.3) is 0 Å². The third-order valence-corrected chi connectivity index (χ3v) is 8.41. The van der Waals surface area contributed by atoms with E-state index in [-0.39, 0.29) is 26.2 Å². The van der Waals surface area contributed by atoms with Crippen molar-refractivity contribution in [2.24, 2.45) is 0 Å². The maximum atomic E-state index is 14.3. The average Bonchev–Trinajstić information content (AvgIpc) is 3.44. The van der Waals surface area contributed by atoms with Gasteiger partial charge in [0.15, 0.2) is 4.90 Å². The molecule has 0 aromatic heterocycles. The lowest BCUT2D eigenvalue weighted by Crippen LogP contribution is -2.45. The molecule has 0 spiro atoms. The molecule has 2 amide bonds. The van der Waals surface area contributed by atoms with Crippen LogP contribution in [0, 0.1) is 5.82 Å². The van der Waals surface area contributed by atoms with Crippen LogP contribution in [0.5, 0.6) is 0 Å². The number of rotatable bonds is 7. The van der Waals surface area contributed by atoms with Gasteiger partial charge in [0, 0.05) is 12.6 Å². The van der Waals surface area contributed by atoms with Gasteiger partial charge in [-0.05, 0) is 106 Å². The Morgan fingerprint density at radius 3 is 2.74 bits per heavy atom. The fraction of sp³-hybridized carbons (Fsp3) is 0.355. The molecule has 0 saturated carbocycles. The van der Waals surface area contributed by atoms with Gasteiger partial charge in [-0.15, -0.1) is 0 Å². The van der Waals surface area contributed by atoms with Gasteiger partial charge in [0.05, 0.1) is 19.1 Å². The number of amides is 2. The Hall–Kier alpha value is -3.48. The summed E-state index contributed by atoms with van der Waals surface area (Å²) in [6.45, 7) is 3.91. The lowest BCUT2D eigenvalue weighted by molar-refractivity contribution is -0.149. The van der Waals surface area contributed by atoms with Gasteiger partial charge in [0.2, 0.25) is 0 Å². The molecule has 11 heteroatoms. The molecule has 42 heavy (non-hydrogen) atoms. The number of carbonyl (C=O) groups excluding carboxylic acids is 2. The average molecular weight is 597 g/mol. The minimum Gasteiger partial charge on any atom is -0.612 e. The molecule has 1 aliphatic carbocycles. The number of carbonyl (C=O) groups is 2. The number of fused-ring (bicyclic) bond motifs is 1. The number of nitrogens with one attached hydrogen (secondary N) is 1. The number of hydrogen-bond donors (Lipinski definition) is 2. The zero-order chi connectivity index (χ0) is 30.0. The van der Waals surface area contributed by atoms with E-state index in [9.17, 15) is 23.6 Å². The molecule has 2 aromatic rings. The van der Waals surface area contributed by atoms with E-state index in [4.69, 9.17) is 14.2 Å². The van der Waals surface area contributed by atoms with Crippen LogP contribution in [0.1, 0.15) is 43.4 Å². The molecular weight excluding hydrogens is 563 g/mol. The Balaban J connectivity index is 1.28. The van der Waals surface area contributed by atoms with Crippen molar-refractivity contribution in [3.63, 3.8) is 0 Å². The second-order valence-corrected chi connectivity index (χ2v) is 11.9. The molecule has 0 bridgehead atoms. The summed E-state index contributed by atoms with van der Waals surface area (Å²) in [6.07, 6.45) is 2.76. The molecule has 222 valence electrons. The van der Waals surface area contributed by atoms with Gasteiger partial charge in [-0.1, -0.05) is 6.07 Å². The summed E-state index contributed by atoms with van der Waals surface area (Å²) in [6, 6.07) is 11.4. The third kappa shape index (κ3) is 6.61. The molecule has 1 saturated heterocycles. The SMILES string of the molecule is CC1=C(CC(=O)OC[C@H]2O[C@@H](N3/C=C(/C)COCNC3=O)C[C@@H]2O)c2cc(F)ccc2/C1=C\c1ccc([S+](C)[O-])cc1. The number of halogens is 1. The fourth-order valence-electron chi connectivity index (χ4n) is 5.27. The zero-order valence-electron chi connectivity index (χ0n) is 23.6. The summed E-state index contributed by atoms with van der Waals surface area (Å²) in [7, 11) is 0. The first-order valence-corrected chi connectivity index (χ1v) is 15.1. The van der Waals surface area contributed by atoms with E-state index in [1.165, 1.54) is 17.0 Å². The number of urea groups is 1. The second-order valence-electron chi connectivity index (χ2n) is 10.5. The highest BCUT2D eigenvalue weighted by Gasteiger charge is 2.39. The maximum Gasteiger partial charge on any atom is 0.325 e. The Labute approximate surface area is 246 Å². The molecule has 9 nitrogen and oxygen atoms in total. The van der Waals surface area contributed by atoms with Gasteiger partial charge in [-0.25, -0.2) is 9.18 Å². The normalized spacial score (nSPS) is 25.4. The standard InChI is InChI=1S/C31H33FN2O7S/c1-18-14-34(31(37)33-17-39-15-18)29-13-27(35)28(41-29)16-40-30(36)12-25-19(2)24(23-9-6-21(32)11-26(23)25)10-20-4-7-22(8-5-20)42(3)38/h4-11,14,27-29,35H,12-13,15-17H2,1-3H3,(H,33,37)/b18-14-,24-10-/t27-,28+,29+,42?/m0/s1. The van der Waals surface area contributed by atoms with Gasteiger partial charge >= 0.3 is 12.0 Å². The Morgan fingerprint density at radius 2 is 2.00 bits per heavy atom. The first-order chi connectivity index (χ1) is 20.1. The van der Waals surface area contributed by atoms with Crippen molar-refractivity contribution in [1.82, 2.24) is 10.2 Å². The molecule has 0 radical (unpaired) electrons. The number of aliphatic hydroxyl groups is 1. The van der Waals surface area contributed by atoms with Crippen LogP contribution in [0.2, 0.25) is 0 Å². The van der Waals surface area contributed by atoms with E-state index in [1.54, 1.807) is 30.7 Å². The van der Waals surface area contributed by atoms with Gasteiger partial charge in [-0.3, -0.25) is 9.69 Å². The minimum absolute atomic E-state index is 0.0588. The molecule has 1 unspecified atom stereocenters. The van der Waals surface area contributed by atoms with Crippen molar-refractivity contribution in [2.75, 3.05) is 26.2 Å². The van der Waals surface area contributed by atoms with Gasteiger partial charge < -0.3 is 29.2 Å². The monoisotopic (exact) mass is 596 g/mol. The summed E-state index contributed by atoms with van der Waals surface area (Å²) in [5, 5.41) is 13.2. The molecule has 2 aliphatic heterocycles. The van der Waals surface area contributed by atoms with Crippen molar-refractivity contribution in [2.45, 2.75) is 50.0 Å². The first-order valence-electron chi connectivity index (χ1n) is 13.6. The van der Waals surface area contributed by atoms with Crippen LogP contribution < -0.4 is 5.32 Å². The van der Waals surface area contributed by atoms with Crippen LogP contribution >= 0.6 is 0 Å². The van der Waals surface area contributed by atoms with E-state index < -0.39 is 47.4 Å². The Morgan fingerprint density at radius 1 is 1.24 bits per heavy atom. The van der Waals surface area contributed by atoms with E-state index in [1.807, 2.05) is 32.1 Å². The summed E-state index contributed by atoms with van der Waals surface area (Å²) in [4.78, 5) is 27.6. The van der Waals surface area contributed by atoms with E-state index in [0.29, 0.717) is 17.7 Å². The quantitative estimate of drug-likeness (QED) is 0.363. The number of aliphatic hydroxyl groups excluding tert-OH is 1.